The van der Waals surface area contributed by atoms with Gasteiger partial charge in [-0.25, -0.2) is 15.0 Å². The second-order valence-corrected chi connectivity index (χ2v) is 4.90. The molecule has 1 atom stereocenters. The number of rotatable bonds is 6. The third-order valence-electron chi connectivity index (χ3n) is 3.16. The first-order valence-corrected chi connectivity index (χ1v) is 6.74. The lowest BCUT2D eigenvalue weighted by Crippen LogP contribution is -2.04. The van der Waals surface area contributed by atoms with Gasteiger partial charge in [-0.15, -0.1) is 0 Å². The fourth-order valence-corrected chi connectivity index (χ4v) is 2.26. The Morgan fingerprint density at radius 2 is 2.11 bits per heavy atom. The molecule has 1 unspecified atom stereocenters. The molecule has 0 spiro atoms. The molecule has 0 saturated carbocycles. The number of nitrogens with zero attached hydrogens (tertiary/aromatic N) is 4. The van der Waals surface area contributed by atoms with E-state index in [1.54, 1.807) is 6.33 Å². The van der Waals surface area contributed by atoms with Crippen molar-refractivity contribution >= 4 is 22.8 Å². The summed E-state index contributed by atoms with van der Waals surface area (Å²) in [7, 11) is 0. The minimum atomic E-state index is 0.380. The average Bonchev–Trinajstić information content (AvgIpc) is 2.80. The first kappa shape index (κ1) is 13.3. The number of aromatic nitrogens is 4. The Hall–Kier alpha value is -1.16. The van der Waals surface area contributed by atoms with Crippen molar-refractivity contribution in [3.8, 4) is 0 Å². The molecule has 0 aliphatic heterocycles. The maximum absolute atomic E-state index is 5.99. The van der Waals surface area contributed by atoms with E-state index >= 15 is 0 Å². The zero-order valence-electron chi connectivity index (χ0n) is 10.6. The highest BCUT2D eigenvalue weighted by atomic mass is 35.5. The van der Waals surface area contributed by atoms with E-state index in [2.05, 4.69) is 33.4 Å². The van der Waals surface area contributed by atoms with Crippen LogP contribution in [0.3, 0.4) is 0 Å². The molecular formula is C13H18ClN4. The van der Waals surface area contributed by atoms with E-state index in [-0.39, 0.29) is 0 Å². The van der Waals surface area contributed by atoms with Crippen LogP contribution in [0, 0.1) is 6.92 Å². The summed E-state index contributed by atoms with van der Waals surface area (Å²) in [6, 6.07) is 0.380. The topological polar surface area (TPSA) is 43.6 Å². The first-order chi connectivity index (χ1) is 8.74. The Morgan fingerprint density at radius 3 is 2.89 bits per heavy atom. The molecule has 5 heteroatoms. The molecule has 0 bridgehead atoms. The summed E-state index contributed by atoms with van der Waals surface area (Å²) in [6.45, 7) is 6.04. The van der Waals surface area contributed by atoms with Crippen molar-refractivity contribution in [1.82, 2.24) is 19.5 Å². The molecule has 2 heterocycles. The summed E-state index contributed by atoms with van der Waals surface area (Å²) < 4.78 is 2.08. The monoisotopic (exact) mass is 265 g/mol. The van der Waals surface area contributed by atoms with Gasteiger partial charge in [0.15, 0.2) is 10.8 Å². The minimum absolute atomic E-state index is 0.380. The lowest BCUT2D eigenvalue weighted by atomic mass is 10.1. The zero-order valence-corrected chi connectivity index (χ0v) is 11.4. The minimum Gasteiger partial charge on any atom is -0.312 e. The van der Waals surface area contributed by atoms with Gasteiger partial charge in [0.05, 0.1) is 6.33 Å². The smallest absolute Gasteiger partial charge is 0.165 e. The van der Waals surface area contributed by atoms with Crippen molar-refractivity contribution in [2.24, 2.45) is 0 Å². The van der Waals surface area contributed by atoms with E-state index in [1.165, 1.54) is 25.6 Å². The third-order valence-corrected chi connectivity index (χ3v) is 3.44. The van der Waals surface area contributed by atoms with Gasteiger partial charge in [0.2, 0.25) is 0 Å². The molecule has 4 nitrogen and oxygen atoms in total. The normalized spacial score (nSPS) is 13.1. The van der Waals surface area contributed by atoms with Crippen molar-refractivity contribution in [2.45, 2.75) is 45.1 Å². The van der Waals surface area contributed by atoms with Crippen LogP contribution >= 0.6 is 11.6 Å². The van der Waals surface area contributed by atoms with Crippen LogP contribution in [-0.2, 0) is 0 Å². The average molecular weight is 266 g/mol. The molecule has 0 amide bonds. The SMILES string of the molecule is [CH2]CCCCCC(C)n1cnc2c(Cl)ncnc21. The number of hydrogen-bond donors (Lipinski definition) is 0. The lowest BCUT2D eigenvalue weighted by Gasteiger charge is -2.13. The zero-order chi connectivity index (χ0) is 13.0. The summed E-state index contributed by atoms with van der Waals surface area (Å²) in [4.78, 5) is 12.5. The fourth-order valence-electron chi connectivity index (χ4n) is 2.08. The lowest BCUT2D eigenvalue weighted by molar-refractivity contribution is 0.481. The van der Waals surface area contributed by atoms with Crippen LogP contribution < -0.4 is 0 Å². The second-order valence-electron chi connectivity index (χ2n) is 4.54. The van der Waals surface area contributed by atoms with Gasteiger partial charge < -0.3 is 4.57 Å². The predicted molar refractivity (Wildman–Crippen MR) is 73.5 cm³/mol. The Labute approximate surface area is 112 Å². The van der Waals surface area contributed by atoms with E-state index in [4.69, 9.17) is 11.6 Å². The second kappa shape index (κ2) is 6.14. The molecule has 2 aromatic heterocycles. The number of halogens is 1. The van der Waals surface area contributed by atoms with Gasteiger partial charge in [-0.1, -0.05) is 44.2 Å². The van der Waals surface area contributed by atoms with E-state index in [0.29, 0.717) is 16.7 Å². The largest absolute Gasteiger partial charge is 0.312 e. The summed E-state index contributed by atoms with van der Waals surface area (Å²) in [5.41, 5.74) is 1.50. The summed E-state index contributed by atoms with van der Waals surface area (Å²) in [5, 5.41) is 0.419. The number of imidazole rings is 1. The molecule has 0 aliphatic rings. The van der Waals surface area contributed by atoms with Crippen LogP contribution in [0.1, 0.15) is 45.1 Å². The fraction of sp³-hybridized carbons (Fsp3) is 0.538. The third kappa shape index (κ3) is 2.80. The van der Waals surface area contributed by atoms with Crippen molar-refractivity contribution in [3.63, 3.8) is 0 Å². The van der Waals surface area contributed by atoms with Crippen LogP contribution in [0.5, 0.6) is 0 Å². The summed E-state index contributed by atoms with van der Waals surface area (Å²) >= 11 is 5.99. The molecule has 18 heavy (non-hydrogen) atoms. The highest BCUT2D eigenvalue weighted by molar-refractivity contribution is 6.33. The van der Waals surface area contributed by atoms with Crippen molar-refractivity contribution < 1.29 is 0 Å². The maximum Gasteiger partial charge on any atom is 0.165 e. The van der Waals surface area contributed by atoms with E-state index in [1.807, 2.05) is 0 Å². The maximum atomic E-state index is 5.99. The summed E-state index contributed by atoms with van der Waals surface area (Å²) in [5.74, 6) is 0. The molecule has 0 N–H and O–H groups in total. The van der Waals surface area contributed by atoms with Crippen LogP contribution in [0.25, 0.3) is 11.2 Å². The van der Waals surface area contributed by atoms with Crippen LogP contribution in [0.15, 0.2) is 12.7 Å². The molecule has 2 rings (SSSR count). The van der Waals surface area contributed by atoms with Gasteiger partial charge in [0.25, 0.3) is 0 Å². The van der Waals surface area contributed by atoms with Crippen molar-refractivity contribution in [1.29, 1.82) is 0 Å². The van der Waals surface area contributed by atoms with Crippen LogP contribution in [-0.4, -0.2) is 19.5 Å². The van der Waals surface area contributed by atoms with Gasteiger partial charge in [-0.05, 0) is 13.3 Å². The number of fused-ring (bicyclic) bond motifs is 1. The Balaban J connectivity index is 2.08. The van der Waals surface area contributed by atoms with Gasteiger partial charge >= 0.3 is 0 Å². The van der Waals surface area contributed by atoms with Crippen LogP contribution in [0.2, 0.25) is 5.15 Å². The predicted octanol–water partition coefficient (Wildman–Crippen LogP) is 3.83. The van der Waals surface area contributed by atoms with Gasteiger partial charge in [-0.3, -0.25) is 0 Å². The summed E-state index contributed by atoms with van der Waals surface area (Å²) in [6.07, 6.45) is 9.06. The molecule has 1 radical (unpaired) electrons. The van der Waals surface area contributed by atoms with E-state index in [0.717, 1.165) is 18.5 Å². The van der Waals surface area contributed by atoms with E-state index < -0.39 is 0 Å². The molecule has 0 aromatic carbocycles. The van der Waals surface area contributed by atoms with Gasteiger partial charge in [-0.2, -0.15) is 0 Å². The van der Waals surface area contributed by atoms with Crippen molar-refractivity contribution in [3.05, 3.63) is 24.7 Å². The molecule has 0 saturated heterocycles. The Morgan fingerprint density at radius 1 is 1.28 bits per heavy atom. The van der Waals surface area contributed by atoms with Gasteiger partial charge in [0, 0.05) is 6.04 Å². The number of unbranched alkanes of at least 4 members (excludes halogenated alkanes) is 3. The van der Waals surface area contributed by atoms with E-state index in [9.17, 15) is 0 Å². The molecule has 97 valence electrons. The Bertz CT molecular complexity index is 509. The van der Waals surface area contributed by atoms with Crippen molar-refractivity contribution in [2.75, 3.05) is 0 Å². The first-order valence-electron chi connectivity index (χ1n) is 6.36. The quantitative estimate of drug-likeness (QED) is 0.589. The van der Waals surface area contributed by atoms with Gasteiger partial charge in [0.1, 0.15) is 11.8 Å². The highest BCUT2D eigenvalue weighted by Gasteiger charge is 2.12. The number of hydrogen-bond acceptors (Lipinski definition) is 3. The molecular weight excluding hydrogens is 248 g/mol. The Kier molecular flexibility index (Phi) is 4.53. The molecule has 0 aliphatic carbocycles. The standard InChI is InChI=1S/C13H18ClN4/c1-3-4-5-6-7-10(2)18-9-17-11-12(14)15-8-16-13(11)18/h8-10H,1,3-7H2,2H3. The van der Waals surface area contributed by atoms with Crippen LogP contribution in [0.4, 0.5) is 0 Å². The molecule has 2 aromatic rings. The highest BCUT2D eigenvalue weighted by Crippen LogP contribution is 2.23. The molecule has 0 fully saturated rings.